The predicted octanol–water partition coefficient (Wildman–Crippen LogP) is 3.42. The van der Waals surface area contributed by atoms with Gasteiger partial charge < -0.3 is 10.1 Å². The zero-order valence-corrected chi connectivity index (χ0v) is 12.1. The standard InChI is InChI=1S/C17H17NO3/c1-3-21-17(20)14-5-4-6-15(11-14)18-16(19)13-9-7-12(2)8-10-13/h4-11H,3H2,1-2H3,(H,18,19). The number of rotatable bonds is 4. The van der Waals surface area contributed by atoms with Gasteiger partial charge in [-0.15, -0.1) is 0 Å². The van der Waals surface area contributed by atoms with Crippen molar-refractivity contribution in [2.45, 2.75) is 13.8 Å². The molecule has 21 heavy (non-hydrogen) atoms. The van der Waals surface area contributed by atoms with E-state index >= 15 is 0 Å². The van der Waals surface area contributed by atoms with Crippen molar-refractivity contribution in [1.29, 1.82) is 0 Å². The van der Waals surface area contributed by atoms with E-state index in [1.165, 1.54) is 0 Å². The second-order valence-electron chi connectivity index (χ2n) is 4.62. The Balaban J connectivity index is 2.12. The first-order valence-electron chi connectivity index (χ1n) is 6.75. The number of esters is 1. The topological polar surface area (TPSA) is 55.4 Å². The van der Waals surface area contributed by atoms with E-state index in [2.05, 4.69) is 5.32 Å². The molecule has 0 saturated carbocycles. The van der Waals surface area contributed by atoms with Gasteiger partial charge in [-0.25, -0.2) is 4.79 Å². The molecule has 0 aliphatic heterocycles. The minimum Gasteiger partial charge on any atom is -0.462 e. The van der Waals surface area contributed by atoms with E-state index in [1.807, 2.05) is 19.1 Å². The summed E-state index contributed by atoms with van der Waals surface area (Å²) in [5, 5.41) is 2.77. The zero-order chi connectivity index (χ0) is 15.2. The fourth-order valence-corrected chi connectivity index (χ4v) is 1.85. The molecule has 2 aromatic rings. The van der Waals surface area contributed by atoms with Gasteiger partial charge in [0.15, 0.2) is 0 Å². The highest BCUT2D eigenvalue weighted by Crippen LogP contribution is 2.13. The fraction of sp³-hybridized carbons (Fsp3) is 0.176. The van der Waals surface area contributed by atoms with Crippen LogP contribution in [0.5, 0.6) is 0 Å². The molecule has 108 valence electrons. The summed E-state index contributed by atoms with van der Waals surface area (Å²) in [4.78, 5) is 23.8. The lowest BCUT2D eigenvalue weighted by Gasteiger charge is -2.07. The third-order valence-corrected chi connectivity index (χ3v) is 2.95. The average molecular weight is 283 g/mol. The normalized spacial score (nSPS) is 10.0. The summed E-state index contributed by atoms with van der Waals surface area (Å²) in [6.45, 7) is 4.03. The van der Waals surface area contributed by atoms with Crippen LogP contribution in [0.25, 0.3) is 0 Å². The first-order valence-corrected chi connectivity index (χ1v) is 6.75. The molecule has 2 aromatic carbocycles. The van der Waals surface area contributed by atoms with E-state index in [0.29, 0.717) is 23.4 Å². The van der Waals surface area contributed by atoms with Crippen molar-refractivity contribution in [1.82, 2.24) is 0 Å². The molecular formula is C17H17NO3. The summed E-state index contributed by atoms with van der Waals surface area (Å²) in [5.74, 6) is -0.611. The number of carbonyl (C=O) groups is 2. The van der Waals surface area contributed by atoms with Gasteiger partial charge in [-0.2, -0.15) is 0 Å². The molecule has 4 nitrogen and oxygen atoms in total. The van der Waals surface area contributed by atoms with Crippen molar-refractivity contribution >= 4 is 17.6 Å². The number of amides is 1. The molecular weight excluding hydrogens is 266 g/mol. The minimum atomic E-state index is -0.399. The van der Waals surface area contributed by atoms with Crippen molar-refractivity contribution < 1.29 is 14.3 Å². The number of ether oxygens (including phenoxy) is 1. The van der Waals surface area contributed by atoms with E-state index in [1.54, 1.807) is 43.3 Å². The van der Waals surface area contributed by atoms with E-state index in [-0.39, 0.29) is 5.91 Å². The van der Waals surface area contributed by atoms with Gasteiger partial charge in [-0.05, 0) is 44.2 Å². The van der Waals surface area contributed by atoms with Crippen LogP contribution in [0.2, 0.25) is 0 Å². The van der Waals surface area contributed by atoms with E-state index in [9.17, 15) is 9.59 Å². The number of hydrogen-bond donors (Lipinski definition) is 1. The molecule has 0 radical (unpaired) electrons. The molecule has 0 aliphatic rings. The summed E-state index contributed by atoms with van der Waals surface area (Å²) in [7, 11) is 0. The van der Waals surface area contributed by atoms with Gasteiger partial charge >= 0.3 is 5.97 Å². The zero-order valence-electron chi connectivity index (χ0n) is 12.1. The number of aryl methyl sites for hydroxylation is 1. The lowest BCUT2D eigenvalue weighted by atomic mass is 10.1. The molecule has 0 bridgehead atoms. The third kappa shape index (κ3) is 3.92. The quantitative estimate of drug-likeness (QED) is 0.875. The van der Waals surface area contributed by atoms with E-state index in [0.717, 1.165) is 5.56 Å². The van der Waals surface area contributed by atoms with E-state index in [4.69, 9.17) is 4.74 Å². The third-order valence-electron chi connectivity index (χ3n) is 2.95. The fourth-order valence-electron chi connectivity index (χ4n) is 1.85. The number of nitrogens with one attached hydrogen (secondary N) is 1. The number of benzene rings is 2. The van der Waals surface area contributed by atoms with Gasteiger partial charge in [-0.1, -0.05) is 23.8 Å². The number of carbonyl (C=O) groups excluding carboxylic acids is 2. The van der Waals surface area contributed by atoms with Crippen molar-refractivity contribution in [2.75, 3.05) is 11.9 Å². The van der Waals surface area contributed by atoms with Crippen LogP contribution in [-0.4, -0.2) is 18.5 Å². The lowest BCUT2D eigenvalue weighted by molar-refractivity contribution is 0.0526. The average Bonchev–Trinajstić information content (AvgIpc) is 2.48. The smallest absolute Gasteiger partial charge is 0.338 e. The van der Waals surface area contributed by atoms with Crippen LogP contribution in [0.15, 0.2) is 48.5 Å². The van der Waals surface area contributed by atoms with Crippen LogP contribution in [0.1, 0.15) is 33.2 Å². The molecule has 2 rings (SSSR count). The first kappa shape index (κ1) is 14.8. The Hall–Kier alpha value is -2.62. The van der Waals surface area contributed by atoms with Crippen molar-refractivity contribution in [3.63, 3.8) is 0 Å². The number of hydrogen-bond acceptors (Lipinski definition) is 3. The Morgan fingerprint density at radius 2 is 1.76 bits per heavy atom. The monoisotopic (exact) mass is 283 g/mol. The van der Waals surface area contributed by atoms with Crippen LogP contribution in [-0.2, 0) is 4.74 Å². The van der Waals surface area contributed by atoms with Gasteiger partial charge in [0, 0.05) is 11.3 Å². The SMILES string of the molecule is CCOC(=O)c1cccc(NC(=O)c2ccc(C)cc2)c1. The Bertz CT molecular complexity index is 647. The first-order chi connectivity index (χ1) is 10.1. The summed E-state index contributed by atoms with van der Waals surface area (Å²) in [6, 6.07) is 14.0. The predicted molar refractivity (Wildman–Crippen MR) is 81.5 cm³/mol. The van der Waals surface area contributed by atoms with Gasteiger partial charge in [-0.3, -0.25) is 4.79 Å². The number of anilines is 1. The van der Waals surface area contributed by atoms with E-state index < -0.39 is 5.97 Å². The Morgan fingerprint density at radius 3 is 2.43 bits per heavy atom. The van der Waals surface area contributed by atoms with Gasteiger partial charge in [0.05, 0.1) is 12.2 Å². The second-order valence-corrected chi connectivity index (χ2v) is 4.62. The summed E-state index contributed by atoms with van der Waals surface area (Å²) < 4.78 is 4.93. The molecule has 0 aliphatic carbocycles. The molecule has 1 N–H and O–H groups in total. The largest absolute Gasteiger partial charge is 0.462 e. The molecule has 0 atom stereocenters. The molecule has 0 heterocycles. The van der Waals surface area contributed by atoms with Crippen molar-refractivity contribution in [3.05, 3.63) is 65.2 Å². The van der Waals surface area contributed by atoms with Crippen molar-refractivity contribution in [3.8, 4) is 0 Å². The molecule has 0 fully saturated rings. The second kappa shape index (κ2) is 6.70. The molecule has 0 spiro atoms. The summed E-state index contributed by atoms with van der Waals surface area (Å²) in [5.41, 5.74) is 2.64. The molecule has 0 unspecified atom stereocenters. The Kier molecular flexibility index (Phi) is 4.72. The minimum absolute atomic E-state index is 0.212. The maximum absolute atomic E-state index is 12.1. The van der Waals surface area contributed by atoms with Crippen LogP contribution < -0.4 is 5.32 Å². The molecule has 4 heteroatoms. The van der Waals surface area contributed by atoms with Crippen LogP contribution >= 0.6 is 0 Å². The maximum Gasteiger partial charge on any atom is 0.338 e. The summed E-state index contributed by atoms with van der Waals surface area (Å²) in [6.07, 6.45) is 0. The highest BCUT2D eigenvalue weighted by atomic mass is 16.5. The highest BCUT2D eigenvalue weighted by Gasteiger charge is 2.09. The van der Waals surface area contributed by atoms with Gasteiger partial charge in [0.2, 0.25) is 0 Å². The highest BCUT2D eigenvalue weighted by molar-refractivity contribution is 6.04. The van der Waals surface area contributed by atoms with Gasteiger partial charge in [0.25, 0.3) is 5.91 Å². The van der Waals surface area contributed by atoms with Crippen LogP contribution in [0, 0.1) is 6.92 Å². The molecule has 0 aromatic heterocycles. The van der Waals surface area contributed by atoms with Crippen LogP contribution in [0.3, 0.4) is 0 Å². The Labute approximate surface area is 123 Å². The summed E-state index contributed by atoms with van der Waals surface area (Å²) >= 11 is 0. The molecule has 0 saturated heterocycles. The Morgan fingerprint density at radius 1 is 1.05 bits per heavy atom. The maximum atomic E-state index is 12.1. The van der Waals surface area contributed by atoms with Crippen molar-refractivity contribution in [2.24, 2.45) is 0 Å². The lowest BCUT2D eigenvalue weighted by Crippen LogP contribution is -2.12. The van der Waals surface area contributed by atoms with Gasteiger partial charge in [0.1, 0.15) is 0 Å². The molecule has 1 amide bonds. The van der Waals surface area contributed by atoms with Crippen LogP contribution in [0.4, 0.5) is 5.69 Å².